The third-order valence-electron chi connectivity index (χ3n) is 4.98. The number of hydrogen-bond acceptors (Lipinski definition) is 9. The molecule has 0 radical (unpaired) electrons. The summed E-state index contributed by atoms with van der Waals surface area (Å²) in [5.74, 6) is -2.55. The van der Waals surface area contributed by atoms with Crippen LogP contribution in [0.3, 0.4) is 0 Å². The van der Waals surface area contributed by atoms with Crippen LogP contribution in [0.5, 0.6) is 11.5 Å². The number of carbonyl (C=O) groups is 3. The average Bonchev–Trinajstić information content (AvgIpc) is 2.88. The van der Waals surface area contributed by atoms with Gasteiger partial charge in [-0.25, -0.2) is 9.59 Å². The highest BCUT2D eigenvalue weighted by atomic mass is 16.6. The van der Waals surface area contributed by atoms with Crippen LogP contribution in [-0.4, -0.2) is 94.1 Å². The van der Waals surface area contributed by atoms with E-state index in [0.29, 0.717) is 57.7 Å². The van der Waals surface area contributed by atoms with Crippen LogP contribution in [0.1, 0.15) is 31.1 Å². The summed E-state index contributed by atoms with van der Waals surface area (Å²) in [6.45, 7) is 3.57. The second-order valence-corrected chi connectivity index (χ2v) is 7.67. The van der Waals surface area contributed by atoms with Crippen molar-refractivity contribution in [1.82, 2.24) is 0 Å². The Morgan fingerprint density at radius 3 is 1.51 bits per heavy atom. The number of amides is 1. The number of aromatic carboxylic acids is 2. The van der Waals surface area contributed by atoms with Gasteiger partial charge in [-0.05, 0) is 36.4 Å². The molecule has 1 heterocycles. The maximum Gasteiger partial charge on any atom is 0.335 e. The van der Waals surface area contributed by atoms with E-state index in [1.165, 1.54) is 24.3 Å². The third kappa shape index (κ3) is 9.35. The van der Waals surface area contributed by atoms with Crippen molar-refractivity contribution < 1.29 is 53.0 Å². The first-order valence-electron chi connectivity index (χ1n) is 11.6. The fourth-order valence-corrected chi connectivity index (χ4v) is 3.21. The molecule has 1 aliphatic heterocycles. The van der Waals surface area contributed by atoms with E-state index in [1.807, 2.05) is 0 Å². The minimum absolute atomic E-state index is 0.0231. The number of nitrogens with one attached hydrogen (secondary N) is 1. The lowest BCUT2D eigenvalue weighted by Crippen LogP contribution is -2.17. The molecular formula is C25H29NO11. The number of fused-ring (bicyclic) bond motifs is 1. The molecule has 2 aromatic carbocycles. The average molecular weight is 520 g/mol. The number of ether oxygens (including phenoxy) is 6. The van der Waals surface area contributed by atoms with Gasteiger partial charge in [0, 0.05) is 11.3 Å². The van der Waals surface area contributed by atoms with Crippen LogP contribution < -0.4 is 14.8 Å². The van der Waals surface area contributed by atoms with E-state index in [4.69, 9.17) is 28.4 Å². The Hall–Kier alpha value is -3.71. The summed E-state index contributed by atoms with van der Waals surface area (Å²) in [5, 5.41) is 21.0. The van der Waals surface area contributed by atoms with Crippen molar-refractivity contribution in [2.24, 2.45) is 0 Å². The summed E-state index contributed by atoms with van der Waals surface area (Å²) < 4.78 is 33.3. The zero-order valence-corrected chi connectivity index (χ0v) is 20.1. The quantitative estimate of drug-likeness (QED) is 0.543. The van der Waals surface area contributed by atoms with Crippen molar-refractivity contribution in [3.05, 3.63) is 53.1 Å². The predicted molar refractivity (Wildman–Crippen MR) is 129 cm³/mol. The lowest BCUT2D eigenvalue weighted by Gasteiger charge is -2.15. The molecule has 12 nitrogen and oxygen atoms in total. The number of hydrogen-bond donors (Lipinski definition) is 3. The lowest BCUT2D eigenvalue weighted by atomic mass is 10.1. The number of carboxylic acid groups (broad SMARTS) is 2. The number of carboxylic acids is 2. The summed E-state index contributed by atoms with van der Waals surface area (Å²) >= 11 is 0. The monoisotopic (exact) mass is 519 g/mol. The van der Waals surface area contributed by atoms with Gasteiger partial charge in [0.2, 0.25) is 0 Å². The first-order chi connectivity index (χ1) is 17.9. The van der Waals surface area contributed by atoms with E-state index >= 15 is 0 Å². The molecule has 0 aliphatic carbocycles. The van der Waals surface area contributed by atoms with Crippen LogP contribution in [0.25, 0.3) is 0 Å². The number of carbonyl (C=O) groups excluding carboxylic acids is 1. The highest BCUT2D eigenvalue weighted by molar-refractivity contribution is 6.06. The Morgan fingerprint density at radius 2 is 1.03 bits per heavy atom. The Bertz CT molecular complexity index is 1040. The summed E-state index contributed by atoms with van der Waals surface area (Å²) in [6, 6.07) is 7.90. The van der Waals surface area contributed by atoms with Gasteiger partial charge in [0.05, 0.1) is 64.0 Å². The van der Waals surface area contributed by atoms with Crippen LogP contribution in [0.4, 0.5) is 5.69 Å². The van der Waals surface area contributed by atoms with Crippen LogP contribution in [0.15, 0.2) is 36.4 Å². The number of anilines is 1. The van der Waals surface area contributed by atoms with Crippen molar-refractivity contribution in [2.75, 3.05) is 71.4 Å². The van der Waals surface area contributed by atoms with Crippen molar-refractivity contribution in [1.29, 1.82) is 0 Å². The van der Waals surface area contributed by atoms with Crippen molar-refractivity contribution >= 4 is 23.5 Å². The molecule has 0 bridgehead atoms. The van der Waals surface area contributed by atoms with Gasteiger partial charge >= 0.3 is 11.9 Å². The van der Waals surface area contributed by atoms with Crippen LogP contribution in [0.2, 0.25) is 0 Å². The van der Waals surface area contributed by atoms with Crippen molar-refractivity contribution in [2.45, 2.75) is 0 Å². The highest BCUT2D eigenvalue weighted by Gasteiger charge is 2.16. The van der Waals surface area contributed by atoms with Gasteiger partial charge in [0.15, 0.2) is 11.5 Å². The van der Waals surface area contributed by atoms with Gasteiger partial charge in [0.25, 0.3) is 5.91 Å². The van der Waals surface area contributed by atoms with E-state index in [1.54, 1.807) is 6.07 Å². The molecule has 37 heavy (non-hydrogen) atoms. The largest absolute Gasteiger partial charge is 0.487 e. The molecule has 0 saturated heterocycles. The van der Waals surface area contributed by atoms with Crippen molar-refractivity contribution in [3.8, 4) is 11.5 Å². The molecule has 1 aliphatic rings. The van der Waals surface area contributed by atoms with E-state index in [2.05, 4.69) is 5.32 Å². The number of rotatable bonds is 4. The van der Waals surface area contributed by atoms with E-state index in [-0.39, 0.29) is 42.2 Å². The topological polar surface area (TPSA) is 159 Å². The first-order valence-corrected chi connectivity index (χ1v) is 11.6. The molecule has 0 unspecified atom stereocenters. The molecule has 0 saturated carbocycles. The van der Waals surface area contributed by atoms with Gasteiger partial charge in [0.1, 0.15) is 13.2 Å². The smallest absolute Gasteiger partial charge is 0.335 e. The van der Waals surface area contributed by atoms with E-state index < -0.39 is 17.8 Å². The van der Waals surface area contributed by atoms with Crippen LogP contribution in [-0.2, 0) is 18.9 Å². The lowest BCUT2D eigenvalue weighted by molar-refractivity contribution is -0.00841. The predicted octanol–water partition coefficient (Wildman–Crippen LogP) is 2.17. The first kappa shape index (κ1) is 27.9. The van der Waals surface area contributed by atoms with Gasteiger partial charge in [-0.15, -0.1) is 0 Å². The molecular weight excluding hydrogens is 490 g/mol. The molecule has 0 fully saturated rings. The molecule has 3 rings (SSSR count). The van der Waals surface area contributed by atoms with Crippen LogP contribution >= 0.6 is 0 Å². The molecule has 12 heteroatoms. The molecule has 0 atom stereocenters. The number of benzene rings is 2. The van der Waals surface area contributed by atoms with Crippen LogP contribution in [0, 0.1) is 0 Å². The summed E-state index contributed by atoms with van der Waals surface area (Å²) in [6.07, 6.45) is 0. The minimum atomic E-state index is -1.32. The molecule has 0 spiro atoms. The summed E-state index contributed by atoms with van der Waals surface area (Å²) in [4.78, 5) is 35.6. The molecule has 2 aromatic rings. The standard InChI is InChI=1S/C25H29NO11/c27-23(26-20-14-18(24(28)29)13-19(15-20)25(30)31)17-1-2-21-22(16-17)37-12-10-35-8-6-33-4-3-32-5-7-34-9-11-36-21/h1-2,13-16H,3-12H2,(H,26,27)(H,28,29)(H,30,31). The molecule has 200 valence electrons. The normalized spacial score (nSPS) is 16.1. The zero-order chi connectivity index (χ0) is 26.5. The fraction of sp³-hybridized carbons (Fsp3) is 0.400. The Kier molecular flexibility index (Phi) is 11.1. The second kappa shape index (κ2) is 14.8. The summed E-state index contributed by atoms with van der Waals surface area (Å²) in [5.41, 5.74) is -0.332. The SMILES string of the molecule is O=C(O)c1cc(NC(=O)c2ccc3c(c2)OCCOCCOCCOCCOCCO3)cc(C(=O)O)c1. The zero-order valence-electron chi connectivity index (χ0n) is 20.1. The molecule has 0 aromatic heterocycles. The Morgan fingerprint density at radius 1 is 0.568 bits per heavy atom. The third-order valence-corrected chi connectivity index (χ3v) is 4.98. The van der Waals surface area contributed by atoms with Crippen molar-refractivity contribution in [3.63, 3.8) is 0 Å². The maximum absolute atomic E-state index is 12.9. The van der Waals surface area contributed by atoms with Gasteiger partial charge < -0.3 is 44.0 Å². The summed E-state index contributed by atoms with van der Waals surface area (Å²) in [7, 11) is 0. The maximum atomic E-state index is 12.9. The molecule has 3 N–H and O–H groups in total. The Labute approximate surface area is 213 Å². The Balaban J connectivity index is 1.72. The van der Waals surface area contributed by atoms with E-state index in [9.17, 15) is 24.6 Å². The van der Waals surface area contributed by atoms with Gasteiger partial charge in [-0.1, -0.05) is 0 Å². The molecule has 1 amide bonds. The van der Waals surface area contributed by atoms with E-state index in [0.717, 1.165) is 6.07 Å². The van der Waals surface area contributed by atoms with Gasteiger partial charge in [-0.3, -0.25) is 4.79 Å². The fourth-order valence-electron chi connectivity index (χ4n) is 3.21. The minimum Gasteiger partial charge on any atom is -0.487 e. The second-order valence-electron chi connectivity index (χ2n) is 7.67. The van der Waals surface area contributed by atoms with Gasteiger partial charge in [-0.2, -0.15) is 0 Å². The highest BCUT2D eigenvalue weighted by Crippen LogP contribution is 2.29.